The number of fused-ring (bicyclic) bond motifs is 1. The van der Waals surface area contributed by atoms with Gasteiger partial charge in [0.25, 0.3) is 0 Å². The molecule has 0 aliphatic carbocycles. The van der Waals surface area contributed by atoms with E-state index in [9.17, 15) is 4.79 Å². The van der Waals surface area contributed by atoms with Crippen LogP contribution in [0.15, 0.2) is 42.5 Å². The van der Waals surface area contributed by atoms with Crippen molar-refractivity contribution in [3.63, 3.8) is 0 Å². The summed E-state index contributed by atoms with van der Waals surface area (Å²) in [6.45, 7) is 10.9. The Kier molecular flexibility index (Phi) is 19.2. The monoisotopic (exact) mass is 493 g/mol. The van der Waals surface area contributed by atoms with E-state index in [-0.39, 0.29) is 6.42 Å². The first-order chi connectivity index (χ1) is 11.7. The van der Waals surface area contributed by atoms with Gasteiger partial charge in [0.1, 0.15) is 0 Å². The molecule has 3 nitrogen and oxygen atoms in total. The zero-order valence-corrected chi connectivity index (χ0v) is 21.5. The second-order valence-corrected chi connectivity index (χ2v) is 15.1. The molecule has 0 atom stereocenters. The Morgan fingerprint density at radius 3 is 2.20 bits per heavy atom. The maximum Gasteiger partial charge on any atom is -0.0809 e. The van der Waals surface area contributed by atoms with Gasteiger partial charge >= 0.3 is 37.9 Å². The third-order valence-electron chi connectivity index (χ3n) is 2.41. The molecular formula is C17H27Cl2NO2Si2Zr. The Morgan fingerprint density at radius 2 is 1.76 bits per heavy atom. The quantitative estimate of drug-likeness (QED) is 0.358. The van der Waals surface area contributed by atoms with Crippen molar-refractivity contribution >= 4 is 51.5 Å². The molecule has 2 aromatic carbocycles. The average molecular weight is 496 g/mol. The van der Waals surface area contributed by atoms with Gasteiger partial charge in [-0.25, -0.2) is 0 Å². The normalized spacial score (nSPS) is 9.40. The molecule has 1 amide bonds. The van der Waals surface area contributed by atoms with Crippen molar-refractivity contribution in [1.29, 1.82) is 0 Å². The maximum atomic E-state index is 10.1. The molecule has 2 rings (SSSR count). The van der Waals surface area contributed by atoms with Gasteiger partial charge in [-0.3, -0.25) is 0 Å². The van der Waals surface area contributed by atoms with E-state index in [4.69, 9.17) is 27.2 Å². The summed E-state index contributed by atoms with van der Waals surface area (Å²) in [5.74, 6) is -0.543. The van der Waals surface area contributed by atoms with Gasteiger partial charge in [-0.15, -0.1) is 29.7 Å². The fourth-order valence-corrected chi connectivity index (χ4v) is 2.23. The number of carbonyl (C=O) groups is 1. The van der Waals surface area contributed by atoms with Crippen molar-refractivity contribution in [3.05, 3.63) is 48.2 Å². The minimum Gasteiger partial charge on any atom is -0.168 e. The summed E-state index contributed by atoms with van der Waals surface area (Å²) < 4.78 is 5.34. The van der Waals surface area contributed by atoms with Crippen LogP contribution in [0.25, 0.3) is 16.5 Å². The van der Waals surface area contributed by atoms with Crippen LogP contribution in [0.5, 0.6) is 0 Å². The molecule has 0 saturated heterocycles. The van der Waals surface area contributed by atoms with Gasteiger partial charge in [0.2, 0.25) is 0 Å². The largest absolute Gasteiger partial charge is 0.168 e. The van der Waals surface area contributed by atoms with E-state index in [1.165, 1.54) is 10.8 Å². The van der Waals surface area contributed by atoms with E-state index in [0.717, 1.165) is 9.52 Å². The van der Waals surface area contributed by atoms with Gasteiger partial charge < -0.3 is 15.0 Å². The molecule has 0 aliphatic heterocycles. The molecule has 8 heteroatoms. The van der Waals surface area contributed by atoms with Crippen LogP contribution in [0, 0.1) is 0 Å². The number of halogens is 2. The Balaban J connectivity index is 0. The van der Waals surface area contributed by atoms with Crippen LogP contribution in [0.4, 0.5) is 0 Å². The maximum absolute atomic E-state index is 10.1. The molecule has 0 unspecified atom stereocenters. The zero-order valence-electron chi connectivity index (χ0n) is 15.5. The molecule has 0 aliphatic rings. The van der Waals surface area contributed by atoms with E-state index in [1.54, 1.807) is 0 Å². The van der Waals surface area contributed by atoms with E-state index in [2.05, 4.69) is 75.2 Å². The zero-order chi connectivity index (χ0) is 19.7. The molecule has 1 N–H and O–H groups in total. The first-order valence-corrected chi connectivity index (χ1v) is 19.5. The van der Waals surface area contributed by atoms with Gasteiger partial charge in [-0.1, -0.05) is 19.2 Å². The van der Waals surface area contributed by atoms with Crippen LogP contribution < -0.4 is 0 Å². The summed E-state index contributed by atoms with van der Waals surface area (Å²) in [4.78, 5) is 10.1. The second-order valence-electron chi connectivity index (χ2n) is 5.86. The minimum atomic E-state index is -1.46. The molecule has 2 aromatic rings. The summed E-state index contributed by atoms with van der Waals surface area (Å²) in [5.41, 5.74) is 6.58. The van der Waals surface area contributed by atoms with Gasteiger partial charge in [-0.2, -0.15) is 17.5 Å². The number of nitrogens with one attached hydrogen (secondary N) is 1. The van der Waals surface area contributed by atoms with Crippen LogP contribution in [0.1, 0.15) is 6.42 Å². The van der Waals surface area contributed by atoms with Crippen molar-refractivity contribution in [1.82, 2.24) is 0 Å². The Hall–Kier alpha value is 0.157. The van der Waals surface area contributed by atoms with Crippen molar-refractivity contribution in [2.24, 2.45) is 0 Å². The molecular weight excluding hydrogens is 468 g/mol. The first kappa shape index (κ1) is 27.4. The Bertz CT molecular complexity index is 531. The standard InChI is InChI=1S/C9H7.C6H15NO2Si.C2H6Si.2ClH.Zr/c1-2-5-9-7-3-6-8(9)4-1;1-10(2,3)9-5-4-6(7)8;1-3-2;;;/h1-7H;4-5H2,1-3H3,(H2,7,8);1-2H3;2*1H;/q-1;;;;;+4/p-3. The molecule has 2 radical (unpaired) electrons. The van der Waals surface area contributed by atoms with Crippen LogP contribution in [0.2, 0.25) is 32.7 Å². The molecule has 0 spiro atoms. The molecule has 0 saturated carbocycles. The number of rotatable bonds is 4. The smallest absolute Gasteiger partial charge is 0.0809 e. The molecule has 0 bridgehead atoms. The number of amides is 1. The van der Waals surface area contributed by atoms with E-state index in [0.29, 0.717) is 6.61 Å². The Morgan fingerprint density at radius 1 is 1.24 bits per heavy atom. The van der Waals surface area contributed by atoms with E-state index >= 15 is 0 Å². The van der Waals surface area contributed by atoms with Gasteiger partial charge in [-0.05, 0) is 19.6 Å². The molecule has 25 heavy (non-hydrogen) atoms. The van der Waals surface area contributed by atoms with E-state index in [1.807, 2.05) is 0 Å². The number of hydrogen-bond acceptors (Lipinski definition) is 2. The SMILES string of the molecule is C[Si](C)(C)OCCC([NH-])=O.C[Si]C.[Cl][Zr+2][Cl].c1ccc2[cH-]ccc2c1. The number of hydrogen-bond donors (Lipinski definition) is 0. The minimum absolute atomic E-state index is 0.226. The predicted molar refractivity (Wildman–Crippen MR) is 112 cm³/mol. The number of carbonyl (C=O) groups excluding carboxylic acids is 1. The third-order valence-corrected chi connectivity index (χ3v) is 3.48. The predicted octanol–water partition coefficient (Wildman–Crippen LogP) is 6.53. The van der Waals surface area contributed by atoms with Crippen molar-refractivity contribution < 1.29 is 30.1 Å². The van der Waals surface area contributed by atoms with Crippen LogP contribution in [0.3, 0.4) is 0 Å². The van der Waals surface area contributed by atoms with Gasteiger partial charge in [0.05, 0.1) is 5.91 Å². The fourth-order valence-electron chi connectivity index (χ4n) is 1.52. The van der Waals surface area contributed by atoms with Crippen LogP contribution in [-0.2, 0) is 30.1 Å². The summed E-state index contributed by atoms with van der Waals surface area (Å²) in [5, 5.41) is 2.66. The van der Waals surface area contributed by atoms with Crippen LogP contribution >= 0.6 is 17.0 Å². The second kappa shape index (κ2) is 17.6. The van der Waals surface area contributed by atoms with Crippen molar-refractivity contribution in [3.8, 4) is 0 Å². The Labute approximate surface area is 174 Å². The summed E-state index contributed by atoms with van der Waals surface area (Å²) in [6, 6.07) is 14.7. The van der Waals surface area contributed by atoms with Gasteiger partial charge in [0.15, 0.2) is 8.32 Å². The van der Waals surface area contributed by atoms with Crippen molar-refractivity contribution in [2.45, 2.75) is 39.2 Å². The molecule has 138 valence electrons. The summed E-state index contributed by atoms with van der Waals surface area (Å²) in [6.07, 6.45) is 0.226. The van der Waals surface area contributed by atoms with Gasteiger partial charge in [0, 0.05) is 22.5 Å². The van der Waals surface area contributed by atoms with E-state index < -0.39 is 35.1 Å². The molecule has 0 heterocycles. The van der Waals surface area contributed by atoms with Crippen LogP contribution in [-0.4, -0.2) is 30.4 Å². The van der Waals surface area contributed by atoms with Crippen molar-refractivity contribution in [2.75, 3.05) is 6.61 Å². The molecule has 0 aromatic heterocycles. The summed E-state index contributed by atoms with van der Waals surface area (Å²) >= 11 is -0.826. The first-order valence-electron chi connectivity index (χ1n) is 7.75. The molecule has 0 fully saturated rings. The number of benzene rings is 1. The third kappa shape index (κ3) is 20.3. The topological polar surface area (TPSA) is 50.1 Å². The summed E-state index contributed by atoms with van der Waals surface area (Å²) in [7, 11) is 9.49. The fraction of sp³-hybridized carbons (Fsp3) is 0.412. The average Bonchev–Trinajstić information content (AvgIpc) is 2.96.